The highest BCUT2D eigenvalue weighted by atomic mass is 16.2. The van der Waals surface area contributed by atoms with E-state index in [0.29, 0.717) is 19.5 Å². The third-order valence-electron chi connectivity index (χ3n) is 3.09. The van der Waals surface area contributed by atoms with E-state index in [1.807, 2.05) is 48.2 Å². The van der Waals surface area contributed by atoms with Crippen LogP contribution in [0.2, 0.25) is 0 Å². The molecule has 2 rings (SSSR count). The Balaban J connectivity index is 2.10. The van der Waals surface area contributed by atoms with Gasteiger partial charge in [-0.05, 0) is 0 Å². The Kier molecular flexibility index (Phi) is 4.87. The molecule has 0 aliphatic heterocycles. The molecular formula is C17H19NO+. The third kappa shape index (κ3) is 4.04. The van der Waals surface area contributed by atoms with Crippen LogP contribution in [0.5, 0.6) is 0 Å². The molecule has 0 aromatic heterocycles. The Bertz CT molecular complexity index is 466. The lowest BCUT2D eigenvalue weighted by molar-refractivity contribution is -0.126. The third-order valence-corrected chi connectivity index (χ3v) is 3.09. The van der Waals surface area contributed by atoms with Gasteiger partial charge in [-0.15, -0.1) is 0 Å². The quantitative estimate of drug-likeness (QED) is 0.748. The molecule has 0 spiro atoms. The summed E-state index contributed by atoms with van der Waals surface area (Å²) in [6, 6.07) is 20.2. The van der Waals surface area contributed by atoms with Gasteiger partial charge in [-0.2, -0.15) is 0 Å². The number of benzene rings is 2. The van der Waals surface area contributed by atoms with Crippen LogP contribution in [0.1, 0.15) is 24.5 Å². The van der Waals surface area contributed by atoms with E-state index in [1.165, 1.54) is 11.1 Å². The fourth-order valence-corrected chi connectivity index (χ4v) is 2.06. The minimum absolute atomic E-state index is 0.188. The summed E-state index contributed by atoms with van der Waals surface area (Å²) in [6.45, 7) is 3.25. The van der Waals surface area contributed by atoms with E-state index in [9.17, 15) is 4.79 Å². The zero-order chi connectivity index (χ0) is 13.5. The zero-order valence-corrected chi connectivity index (χ0v) is 11.3. The van der Waals surface area contributed by atoms with Crippen molar-refractivity contribution in [1.29, 1.82) is 0 Å². The number of hydrogen-bond donors (Lipinski definition) is 0. The van der Waals surface area contributed by atoms with Crippen molar-refractivity contribution in [2.75, 3.05) is 0 Å². The van der Waals surface area contributed by atoms with E-state index in [0.717, 1.165) is 0 Å². The van der Waals surface area contributed by atoms with E-state index in [-0.39, 0.29) is 5.91 Å². The van der Waals surface area contributed by atoms with E-state index in [2.05, 4.69) is 24.3 Å². The summed E-state index contributed by atoms with van der Waals surface area (Å²) in [4.78, 5) is 14.0. The first-order valence-corrected chi connectivity index (χ1v) is 6.65. The summed E-state index contributed by atoms with van der Waals surface area (Å²) in [5.41, 5.74) is 2.33. The van der Waals surface area contributed by atoms with Crippen LogP contribution in [-0.2, 0) is 17.9 Å². The maximum absolute atomic E-state index is 12.0. The van der Waals surface area contributed by atoms with Crippen molar-refractivity contribution in [1.82, 2.24) is 4.90 Å². The van der Waals surface area contributed by atoms with E-state index >= 15 is 0 Å². The smallest absolute Gasteiger partial charge is 0.225 e. The Morgan fingerprint density at radius 1 is 0.842 bits per heavy atom. The van der Waals surface area contributed by atoms with Gasteiger partial charge in [0.25, 0.3) is 0 Å². The van der Waals surface area contributed by atoms with Crippen LogP contribution in [-0.4, -0.2) is 5.91 Å². The number of rotatable bonds is 5. The average Bonchev–Trinajstić information content (AvgIpc) is 2.48. The Labute approximate surface area is 114 Å². The highest BCUT2D eigenvalue weighted by Crippen LogP contribution is 2.08. The van der Waals surface area contributed by atoms with Gasteiger partial charge in [-0.1, -0.05) is 72.5 Å². The molecule has 1 radical (unpaired) electrons. The van der Waals surface area contributed by atoms with Gasteiger partial charge in [-0.25, -0.2) is 4.79 Å². The molecule has 2 heteroatoms. The molecule has 2 nitrogen and oxygen atoms in total. The van der Waals surface area contributed by atoms with E-state index in [4.69, 9.17) is 0 Å². The molecule has 97 valence electrons. The van der Waals surface area contributed by atoms with Gasteiger partial charge >= 0.3 is 5.91 Å². The molecule has 0 aliphatic rings. The second kappa shape index (κ2) is 6.86. The highest BCUT2D eigenvalue weighted by molar-refractivity contribution is 5.78. The molecule has 0 unspecified atom stereocenters. The predicted molar refractivity (Wildman–Crippen MR) is 77.7 cm³/mol. The summed E-state index contributed by atoms with van der Waals surface area (Å²) in [5, 5.41) is 0. The molecule has 0 fully saturated rings. The van der Waals surface area contributed by atoms with Gasteiger partial charge in [-0.3, -0.25) is 0 Å². The second-order valence-corrected chi connectivity index (χ2v) is 4.57. The molecule has 0 bridgehead atoms. The molecule has 0 aliphatic carbocycles. The van der Waals surface area contributed by atoms with Gasteiger partial charge in [0.05, 0.1) is 6.42 Å². The maximum atomic E-state index is 12.0. The van der Waals surface area contributed by atoms with Crippen molar-refractivity contribution >= 4 is 5.91 Å². The van der Waals surface area contributed by atoms with Crippen molar-refractivity contribution in [3.63, 3.8) is 0 Å². The number of hydrogen-bond acceptors (Lipinski definition) is 1. The lowest BCUT2D eigenvalue weighted by atomic mass is 10.1. The summed E-state index contributed by atoms with van der Waals surface area (Å²) in [5.74, 6) is 0.188. The van der Waals surface area contributed by atoms with Crippen molar-refractivity contribution in [2.24, 2.45) is 0 Å². The number of carbonyl (C=O) groups excluding carboxylic acids is 1. The molecular weight excluding hydrogens is 234 g/mol. The first-order valence-electron chi connectivity index (χ1n) is 6.65. The average molecular weight is 253 g/mol. The van der Waals surface area contributed by atoms with Crippen molar-refractivity contribution in [2.45, 2.75) is 26.4 Å². The first-order chi connectivity index (χ1) is 9.29. The van der Waals surface area contributed by atoms with Gasteiger partial charge < -0.3 is 0 Å². The van der Waals surface area contributed by atoms with Crippen molar-refractivity contribution in [3.8, 4) is 0 Å². The fourth-order valence-electron chi connectivity index (χ4n) is 2.06. The van der Waals surface area contributed by atoms with Crippen LogP contribution in [0, 0.1) is 0 Å². The van der Waals surface area contributed by atoms with Gasteiger partial charge in [0.2, 0.25) is 0 Å². The zero-order valence-electron chi connectivity index (χ0n) is 11.3. The Hall–Kier alpha value is -1.93. The van der Waals surface area contributed by atoms with Crippen LogP contribution in [0.25, 0.3) is 0 Å². The molecule has 1 amide bonds. The minimum Gasteiger partial charge on any atom is -0.225 e. The number of nitrogens with zero attached hydrogens (tertiary/aromatic N) is 1. The van der Waals surface area contributed by atoms with Gasteiger partial charge in [0, 0.05) is 11.1 Å². The molecule has 0 atom stereocenters. The van der Waals surface area contributed by atoms with Crippen LogP contribution in [0.3, 0.4) is 0 Å². The first kappa shape index (κ1) is 13.5. The van der Waals surface area contributed by atoms with Crippen LogP contribution in [0.15, 0.2) is 60.7 Å². The van der Waals surface area contributed by atoms with E-state index in [1.54, 1.807) is 0 Å². The lowest BCUT2D eigenvalue weighted by Crippen LogP contribution is -2.35. The molecule has 2 aromatic rings. The monoisotopic (exact) mass is 253 g/mol. The van der Waals surface area contributed by atoms with Gasteiger partial charge in [0.15, 0.2) is 13.1 Å². The molecule has 0 saturated heterocycles. The number of carbonyl (C=O) groups is 1. The lowest BCUT2D eigenvalue weighted by Gasteiger charge is -2.10. The molecule has 0 heterocycles. The predicted octanol–water partition coefficient (Wildman–Crippen LogP) is 3.46. The highest BCUT2D eigenvalue weighted by Gasteiger charge is 2.24. The van der Waals surface area contributed by atoms with E-state index < -0.39 is 0 Å². The Morgan fingerprint density at radius 2 is 1.26 bits per heavy atom. The molecule has 0 N–H and O–H groups in total. The topological polar surface area (TPSA) is 23.0 Å². The second-order valence-electron chi connectivity index (χ2n) is 4.57. The van der Waals surface area contributed by atoms with Crippen molar-refractivity contribution in [3.05, 3.63) is 71.8 Å². The fraction of sp³-hybridized carbons (Fsp3) is 0.235. The van der Waals surface area contributed by atoms with Crippen molar-refractivity contribution < 1.29 is 4.79 Å². The summed E-state index contributed by atoms with van der Waals surface area (Å²) in [7, 11) is 0. The SMILES string of the molecule is CCC(=O)[N+](Cc1ccccc1)Cc1ccccc1. The normalized spacial score (nSPS) is 10.6. The maximum Gasteiger partial charge on any atom is 0.361 e. The Morgan fingerprint density at radius 3 is 1.63 bits per heavy atom. The van der Waals surface area contributed by atoms with Gasteiger partial charge in [0.1, 0.15) is 0 Å². The largest absolute Gasteiger partial charge is 0.361 e. The standard InChI is InChI=1S/C17H19NO/c1-2-17(19)18(13-15-9-5-3-6-10-15)14-16-11-7-4-8-12-16/h3-12H,2,13-14H2,1H3/q+1. The molecule has 0 saturated carbocycles. The van der Waals surface area contributed by atoms with Crippen LogP contribution >= 0.6 is 0 Å². The minimum atomic E-state index is 0.188. The summed E-state index contributed by atoms with van der Waals surface area (Å²) >= 11 is 0. The molecule has 19 heavy (non-hydrogen) atoms. The summed E-state index contributed by atoms with van der Waals surface area (Å²) < 4.78 is 0. The van der Waals surface area contributed by atoms with Crippen LogP contribution in [0.4, 0.5) is 0 Å². The number of amides is 1. The summed E-state index contributed by atoms with van der Waals surface area (Å²) in [6.07, 6.45) is 0.541. The molecule has 2 aromatic carbocycles. The van der Waals surface area contributed by atoms with Crippen LogP contribution < -0.4 is 4.90 Å².